The fraction of sp³-hybridized carbons (Fsp3) is 0.524. The molecule has 150 valence electrons. The highest BCUT2D eigenvalue weighted by molar-refractivity contribution is 14.0. The average molecular weight is 483 g/mol. The maximum Gasteiger partial charge on any atom is 0.191 e. The highest BCUT2D eigenvalue weighted by Gasteiger charge is 2.15. The Kier molecular flexibility index (Phi) is 10.4. The lowest BCUT2D eigenvalue weighted by atomic mass is 9.94. The summed E-state index contributed by atoms with van der Waals surface area (Å²) < 4.78 is 2.19. The second-order valence-electron chi connectivity index (χ2n) is 7.22. The van der Waals surface area contributed by atoms with Crippen LogP contribution in [-0.2, 0) is 13.1 Å². The van der Waals surface area contributed by atoms with Crippen LogP contribution in [0.5, 0.6) is 0 Å². The van der Waals surface area contributed by atoms with Crippen molar-refractivity contribution in [3.8, 4) is 0 Å². The molecule has 0 aliphatic carbocycles. The lowest BCUT2D eigenvalue weighted by Gasteiger charge is -2.24. The van der Waals surface area contributed by atoms with Crippen LogP contribution in [0.3, 0.4) is 0 Å². The minimum absolute atomic E-state index is 0. The molecule has 2 N–H and O–H groups in total. The van der Waals surface area contributed by atoms with Crippen molar-refractivity contribution in [1.29, 1.82) is 0 Å². The molecule has 0 aliphatic rings. The molecule has 2 unspecified atom stereocenters. The Morgan fingerprint density at radius 3 is 2.48 bits per heavy atom. The van der Waals surface area contributed by atoms with Gasteiger partial charge in [-0.2, -0.15) is 0 Å². The third kappa shape index (κ3) is 7.52. The smallest absolute Gasteiger partial charge is 0.191 e. The summed E-state index contributed by atoms with van der Waals surface area (Å²) in [5, 5.41) is 6.89. The predicted octanol–water partition coefficient (Wildman–Crippen LogP) is 4.40. The van der Waals surface area contributed by atoms with E-state index in [1.807, 2.05) is 12.4 Å². The summed E-state index contributed by atoms with van der Waals surface area (Å²) in [5.74, 6) is 2.81. The molecule has 1 aromatic carbocycles. The van der Waals surface area contributed by atoms with Gasteiger partial charge in [-0.05, 0) is 25.3 Å². The van der Waals surface area contributed by atoms with Crippen molar-refractivity contribution < 1.29 is 0 Å². The fourth-order valence-electron chi connectivity index (χ4n) is 2.91. The average Bonchev–Trinajstić information content (AvgIpc) is 3.06. The van der Waals surface area contributed by atoms with Crippen molar-refractivity contribution in [2.24, 2.45) is 10.9 Å². The summed E-state index contributed by atoms with van der Waals surface area (Å²) >= 11 is 0. The first kappa shape index (κ1) is 23.5. The number of imidazole rings is 1. The Morgan fingerprint density at radius 2 is 1.85 bits per heavy atom. The molecular weight excluding hydrogens is 449 g/mol. The van der Waals surface area contributed by atoms with E-state index in [-0.39, 0.29) is 30.0 Å². The quantitative estimate of drug-likeness (QED) is 0.333. The molecule has 27 heavy (non-hydrogen) atoms. The van der Waals surface area contributed by atoms with Crippen molar-refractivity contribution in [3.63, 3.8) is 0 Å². The van der Waals surface area contributed by atoms with E-state index in [0.717, 1.165) is 24.9 Å². The van der Waals surface area contributed by atoms with E-state index in [9.17, 15) is 0 Å². The van der Waals surface area contributed by atoms with Crippen molar-refractivity contribution in [3.05, 3.63) is 54.1 Å². The molecule has 1 aromatic heterocycles. The Hall–Kier alpha value is -1.57. The van der Waals surface area contributed by atoms with Crippen LogP contribution in [0, 0.1) is 5.92 Å². The van der Waals surface area contributed by atoms with Gasteiger partial charge in [0.2, 0.25) is 0 Å². The third-order valence-corrected chi connectivity index (χ3v) is 4.53. The largest absolute Gasteiger partial charge is 0.357 e. The number of halogens is 1. The van der Waals surface area contributed by atoms with Gasteiger partial charge in [-0.25, -0.2) is 9.98 Å². The minimum atomic E-state index is 0. The number of nitrogens with one attached hydrogen (secondary N) is 2. The molecule has 0 radical (unpaired) electrons. The molecule has 0 amide bonds. The van der Waals surface area contributed by atoms with Crippen molar-refractivity contribution in [2.75, 3.05) is 6.54 Å². The van der Waals surface area contributed by atoms with E-state index < -0.39 is 0 Å². The summed E-state index contributed by atoms with van der Waals surface area (Å²) in [5.41, 5.74) is 1.33. The van der Waals surface area contributed by atoms with E-state index in [1.165, 1.54) is 5.56 Å². The van der Waals surface area contributed by atoms with Crippen LogP contribution in [0.4, 0.5) is 0 Å². The zero-order valence-corrected chi connectivity index (χ0v) is 19.5. The van der Waals surface area contributed by atoms with Gasteiger partial charge in [0.1, 0.15) is 12.4 Å². The van der Waals surface area contributed by atoms with E-state index >= 15 is 0 Å². The number of aromatic nitrogens is 2. The Morgan fingerprint density at radius 1 is 1.15 bits per heavy atom. The van der Waals surface area contributed by atoms with Crippen LogP contribution >= 0.6 is 24.0 Å². The van der Waals surface area contributed by atoms with Crippen molar-refractivity contribution in [2.45, 2.75) is 59.7 Å². The molecule has 6 heteroatoms. The van der Waals surface area contributed by atoms with Gasteiger partial charge < -0.3 is 15.2 Å². The summed E-state index contributed by atoms with van der Waals surface area (Å²) in [6, 6.07) is 10.9. The van der Waals surface area contributed by atoms with Crippen LogP contribution in [0.2, 0.25) is 0 Å². The van der Waals surface area contributed by atoms with Crippen molar-refractivity contribution >= 4 is 29.9 Å². The summed E-state index contributed by atoms with van der Waals surface area (Å²) in [6.07, 6.45) is 3.89. The van der Waals surface area contributed by atoms with Gasteiger partial charge in [-0.1, -0.05) is 51.1 Å². The molecule has 0 fully saturated rings. The number of aliphatic imine (C=N–C) groups is 1. The molecule has 2 rings (SSSR count). The number of nitrogens with zero attached hydrogens (tertiary/aromatic N) is 3. The second kappa shape index (κ2) is 12.0. The highest BCUT2D eigenvalue weighted by Crippen LogP contribution is 2.18. The van der Waals surface area contributed by atoms with Crippen LogP contribution in [0.1, 0.15) is 51.9 Å². The number of guanidine groups is 1. The number of rotatable bonds is 8. The lowest BCUT2D eigenvalue weighted by Crippen LogP contribution is -2.44. The van der Waals surface area contributed by atoms with Crippen LogP contribution in [0.25, 0.3) is 0 Å². The summed E-state index contributed by atoms with van der Waals surface area (Å²) in [6.45, 7) is 13.3. The van der Waals surface area contributed by atoms with Gasteiger partial charge in [-0.15, -0.1) is 24.0 Å². The monoisotopic (exact) mass is 483 g/mol. The normalized spacial score (nSPS) is 13.8. The van der Waals surface area contributed by atoms with Crippen LogP contribution in [0.15, 0.2) is 47.7 Å². The first-order valence-corrected chi connectivity index (χ1v) is 9.61. The van der Waals surface area contributed by atoms with Gasteiger partial charge in [0, 0.05) is 37.4 Å². The van der Waals surface area contributed by atoms with Gasteiger partial charge in [-0.3, -0.25) is 0 Å². The molecule has 0 spiro atoms. The Bertz CT molecular complexity index is 681. The zero-order chi connectivity index (χ0) is 18.9. The van der Waals surface area contributed by atoms with Gasteiger partial charge in [0.05, 0.1) is 0 Å². The number of benzene rings is 1. The maximum absolute atomic E-state index is 4.75. The molecule has 0 bridgehead atoms. The lowest BCUT2D eigenvalue weighted by molar-refractivity contribution is 0.506. The summed E-state index contributed by atoms with van der Waals surface area (Å²) in [7, 11) is 0. The predicted molar refractivity (Wildman–Crippen MR) is 125 cm³/mol. The molecule has 2 aromatic rings. The number of hydrogen-bond acceptors (Lipinski definition) is 2. The van der Waals surface area contributed by atoms with E-state index in [1.54, 1.807) is 0 Å². The highest BCUT2D eigenvalue weighted by atomic mass is 127. The molecule has 2 atom stereocenters. The standard InChI is InChI=1S/C21H33N5.HI/c1-6-22-21(24-14-20-23-12-13-26(20)15-16(2)3)25-18(5)17(4)19-10-8-7-9-11-19;/h7-13,16-18H,6,14-15H2,1-5H3,(H2,22,24,25);1H. The second-order valence-corrected chi connectivity index (χ2v) is 7.22. The van der Waals surface area contributed by atoms with E-state index in [2.05, 4.69) is 85.1 Å². The first-order chi connectivity index (χ1) is 12.5. The molecule has 1 heterocycles. The molecular formula is C21H34IN5. The number of hydrogen-bond donors (Lipinski definition) is 2. The minimum Gasteiger partial charge on any atom is -0.357 e. The summed E-state index contributed by atoms with van der Waals surface area (Å²) in [4.78, 5) is 9.21. The van der Waals surface area contributed by atoms with Crippen LogP contribution in [-0.4, -0.2) is 28.1 Å². The third-order valence-electron chi connectivity index (χ3n) is 4.53. The zero-order valence-electron chi connectivity index (χ0n) is 17.1. The van der Waals surface area contributed by atoms with E-state index in [0.29, 0.717) is 18.4 Å². The van der Waals surface area contributed by atoms with Gasteiger partial charge in [0.25, 0.3) is 0 Å². The van der Waals surface area contributed by atoms with Crippen molar-refractivity contribution in [1.82, 2.24) is 20.2 Å². The SMILES string of the molecule is CCNC(=NCc1nccn1CC(C)C)NC(C)C(C)c1ccccc1.I. The molecule has 5 nitrogen and oxygen atoms in total. The maximum atomic E-state index is 4.75. The Labute approximate surface area is 181 Å². The molecule has 0 saturated carbocycles. The first-order valence-electron chi connectivity index (χ1n) is 9.61. The molecule has 0 aliphatic heterocycles. The Balaban J connectivity index is 0.00000364. The van der Waals surface area contributed by atoms with Crippen LogP contribution < -0.4 is 10.6 Å². The fourth-order valence-corrected chi connectivity index (χ4v) is 2.91. The van der Waals surface area contributed by atoms with E-state index in [4.69, 9.17) is 4.99 Å². The van der Waals surface area contributed by atoms with Gasteiger partial charge >= 0.3 is 0 Å². The van der Waals surface area contributed by atoms with Gasteiger partial charge in [0.15, 0.2) is 5.96 Å². The molecule has 0 saturated heterocycles. The topological polar surface area (TPSA) is 54.2 Å².